The maximum Gasteiger partial charge on any atom is 0.193 e. The molecule has 0 N–H and O–H groups in total. The van der Waals surface area contributed by atoms with Gasteiger partial charge in [-0.3, -0.25) is 0 Å². The minimum absolute atomic E-state index is 0.0593. The zero-order valence-electron chi connectivity index (χ0n) is 13.3. The second kappa shape index (κ2) is 4.80. The third kappa shape index (κ3) is 2.19. The van der Waals surface area contributed by atoms with Crippen LogP contribution in [0.3, 0.4) is 0 Å². The van der Waals surface area contributed by atoms with Crippen LogP contribution in [0.15, 0.2) is 54.6 Å². The standard InChI is InChI=1S/C20H20OSi/c1-20(2,3)21-22-17-12-10-15-8-7-13-5-4-6-14-9-11-16(17)19(15)18(13)14/h4-12H,22H2,1-3H3. The molecule has 0 amide bonds. The van der Waals surface area contributed by atoms with Crippen molar-refractivity contribution >= 4 is 47.3 Å². The van der Waals surface area contributed by atoms with Crippen LogP contribution in [0.25, 0.3) is 32.3 Å². The van der Waals surface area contributed by atoms with Crippen molar-refractivity contribution in [2.45, 2.75) is 26.4 Å². The first-order valence-corrected chi connectivity index (χ1v) is 9.11. The van der Waals surface area contributed by atoms with Gasteiger partial charge in [0.15, 0.2) is 9.76 Å². The second-order valence-electron chi connectivity index (χ2n) is 6.98. The minimum atomic E-state index is -0.732. The first-order valence-electron chi connectivity index (χ1n) is 7.82. The Labute approximate surface area is 133 Å². The van der Waals surface area contributed by atoms with Crippen LogP contribution < -0.4 is 5.19 Å². The van der Waals surface area contributed by atoms with Crippen molar-refractivity contribution in [2.75, 3.05) is 0 Å². The summed E-state index contributed by atoms with van der Waals surface area (Å²) < 4.78 is 6.14. The zero-order valence-corrected chi connectivity index (χ0v) is 14.7. The molecular formula is C20H20OSi. The highest BCUT2D eigenvalue weighted by atomic mass is 28.2. The summed E-state index contributed by atoms with van der Waals surface area (Å²) in [6.45, 7) is 6.40. The van der Waals surface area contributed by atoms with E-state index in [0.717, 1.165) is 0 Å². The highest BCUT2D eigenvalue weighted by Crippen LogP contribution is 2.33. The minimum Gasteiger partial charge on any atom is -0.414 e. The summed E-state index contributed by atoms with van der Waals surface area (Å²) >= 11 is 0. The highest BCUT2D eigenvalue weighted by molar-refractivity contribution is 6.52. The number of hydrogen-bond acceptors (Lipinski definition) is 1. The largest absolute Gasteiger partial charge is 0.414 e. The lowest BCUT2D eigenvalue weighted by atomic mass is 9.94. The Hall–Kier alpha value is -1.90. The SMILES string of the molecule is CC(C)(C)O[SiH2]c1ccc2ccc3cccc4ccc1c2c34. The van der Waals surface area contributed by atoms with Crippen LogP contribution in [0.1, 0.15) is 20.8 Å². The molecule has 4 aromatic rings. The lowest BCUT2D eigenvalue weighted by molar-refractivity contribution is 0.142. The Morgan fingerprint density at radius 2 is 1.32 bits per heavy atom. The maximum absolute atomic E-state index is 6.14. The van der Waals surface area contributed by atoms with E-state index in [2.05, 4.69) is 75.4 Å². The lowest BCUT2D eigenvalue weighted by Gasteiger charge is -2.21. The molecule has 0 radical (unpaired) electrons. The van der Waals surface area contributed by atoms with Crippen LogP contribution in [0, 0.1) is 0 Å². The Morgan fingerprint density at radius 3 is 2.00 bits per heavy atom. The van der Waals surface area contributed by atoms with E-state index in [0.29, 0.717) is 0 Å². The van der Waals surface area contributed by atoms with E-state index in [1.807, 2.05) is 0 Å². The van der Waals surface area contributed by atoms with E-state index in [1.54, 1.807) is 0 Å². The van der Waals surface area contributed by atoms with Crippen molar-refractivity contribution in [3.8, 4) is 0 Å². The Balaban J connectivity index is 2.00. The van der Waals surface area contributed by atoms with E-state index in [1.165, 1.54) is 37.5 Å². The molecule has 1 nitrogen and oxygen atoms in total. The van der Waals surface area contributed by atoms with Crippen molar-refractivity contribution in [3.05, 3.63) is 54.6 Å². The van der Waals surface area contributed by atoms with E-state index in [-0.39, 0.29) is 5.60 Å². The van der Waals surface area contributed by atoms with E-state index >= 15 is 0 Å². The van der Waals surface area contributed by atoms with Gasteiger partial charge in [-0.25, -0.2) is 0 Å². The Kier molecular flexibility index (Phi) is 3.00. The summed E-state index contributed by atoms with van der Waals surface area (Å²) in [4.78, 5) is 0. The van der Waals surface area contributed by atoms with Crippen molar-refractivity contribution < 1.29 is 4.43 Å². The molecule has 0 aliphatic heterocycles. The van der Waals surface area contributed by atoms with Crippen molar-refractivity contribution in [2.24, 2.45) is 0 Å². The van der Waals surface area contributed by atoms with Gasteiger partial charge in [0.25, 0.3) is 0 Å². The van der Waals surface area contributed by atoms with Crippen LogP contribution in [0.4, 0.5) is 0 Å². The molecule has 0 atom stereocenters. The molecule has 110 valence electrons. The molecule has 0 bridgehead atoms. The summed E-state index contributed by atoms with van der Waals surface area (Å²) in [5.74, 6) is 0. The Bertz CT molecular complexity index is 950. The number of rotatable bonds is 2. The maximum atomic E-state index is 6.14. The quantitative estimate of drug-likeness (QED) is 0.400. The molecule has 0 aliphatic carbocycles. The van der Waals surface area contributed by atoms with Crippen LogP contribution in [-0.2, 0) is 4.43 Å². The predicted octanol–water partition coefficient (Wildman–Crippen LogP) is 4.11. The summed E-state index contributed by atoms with van der Waals surface area (Å²) in [5, 5.41) is 9.55. The lowest BCUT2D eigenvalue weighted by Crippen LogP contribution is -2.29. The molecule has 0 unspecified atom stereocenters. The first kappa shape index (κ1) is 13.7. The van der Waals surface area contributed by atoms with Crippen LogP contribution in [0.5, 0.6) is 0 Å². The molecule has 0 saturated carbocycles. The molecule has 0 aliphatic rings. The predicted molar refractivity (Wildman–Crippen MR) is 99.2 cm³/mol. The smallest absolute Gasteiger partial charge is 0.193 e. The van der Waals surface area contributed by atoms with Crippen LogP contribution in [0.2, 0.25) is 0 Å². The average molecular weight is 304 g/mol. The summed E-state index contributed by atoms with van der Waals surface area (Å²) in [6.07, 6.45) is 0. The van der Waals surface area contributed by atoms with Gasteiger partial charge in [0, 0.05) is 5.60 Å². The fourth-order valence-corrected chi connectivity index (χ4v) is 4.47. The molecule has 2 heteroatoms. The van der Waals surface area contributed by atoms with Gasteiger partial charge in [0.2, 0.25) is 0 Å². The van der Waals surface area contributed by atoms with Gasteiger partial charge in [-0.1, -0.05) is 54.6 Å². The molecule has 0 saturated heterocycles. The van der Waals surface area contributed by atoms with Gasteiger partial charge >= 0.3 is 0 Å². The molecular weight excluding hydrogens is 284 g/mol. The summed E-state index contributed by atoms with van der Waals surface area (Å²) in [5.41, 5.74) is -0.0593. The monoisotopic (exact) mass is 304 g/mol. The second-order valence-corrected chi connectivity index (χ2v) is 8.32. The van der Waals surface area contributed by atoms with Gasteiger partial charge in [-0.05, 0) is 58.3 Å². The fourth-order valence-electron chi connectivity index (χ4n) is 3.22. The van der Waals surface area contributed by atoms with Crippen molar-refractivity contribution in [1.82, 2.24) is 0 Å². The molecule has 0 fully saturated rings. The van der Waals surface area contributed by atoms with Gasteiger partial charge < -0.3 is 4.43 Å². The topological polar surface area (TPSA) is 9.23 Å². The first-order chi connectivity index (χ1) is 10.5. The Morgan fingerprint density at radius 1 is 0.727 bits per heavy atom. The number of benzene rings is 4. The summed E-state index contributed by atoms with van der Waals surface area (Å²) in [6, 6.07) is 20.1. The average Bonchev–Trinajstić information content (AvgIpc) is 2.50. The molecule has 22 heavy (non-hydrogen) atoms. The van der Waals surface area contributed by atoms with E-state index in [4.69, 9.17) is 4.43 Å². The fraction of sp³-hybridized carbons (Fsp3) is 0.200. The zero-order chi connectivity index (χ0) is 15.3. The molecule has 0 aromatic heterocycles. The molecule has 4 aromatic carbocycles. The van der Waals surface area contributed by atoms with Crippen molar-refractivity contribution in [3.63, 3.8) is 0 Å². The molecule has 4 rings (SSSR count). The highest BCUT2D eigenvalue weighted by Gasteiger charge is 2.14. The molecule has 0 heterocycles. The summed E-state index contributed by atoms with van der Waals surface area (Å²) in [7, 11) is -0.732. The van der Waals surface area contributed by atoms with Crippen LogP contribution in [-0.4, -0.2) is 15.4 Å². The van der Waals surface area contributed by atoms with Gasteiger partial charge in [0.1, 0.15) is 0 Å². The van der Waals surface area contributed by atoms with Gasteiger partial charge in [-0.15, -0.1) is 0 Å². The van der Waals surface area contributed by atoms with Gasteiger partial charge in [-0.2, -0.15) is 0 Å². The molecule has 0 spiro atoms. The third-order valence-corrected chi connectivity index (χ3v) is 6.22. The number of hydrogen-bond donors (Lipinski definition) is 0. The van der Waals surface area contributed by atoms with Crippen LogP contribution >= 0.6 is 0 Å². The van der Waals surface area contributed by atoms with Gasteiger partial charge in [0.05, 0.1) is 0 Å². The van der Waals surface area contributed by atoms with Crippen molar-refractivity contribution in [1.29, 1.82) is 0 Å². The van der Waals surface area contributed by atoms with E-state index < -0.39 is 9.76 Å². The third-order valence-electron chi connectivity index (χ3n) is 4.28. The normalized spacial score (nSPS) is 13.2. The van der Waals surface area contributed by atoms with E-state index in [9.17, 15) is 0 Å².